The van der Waals surface area contributed by atoms with E-state index in [1.54, 1.807) is 0 Å². The fourth-order valence-corrected chi connectivity index (χ4v) is 3.69. The third-order valence-corrected chi connectivity index (χ3v) is 4.34. The van der Waals surface area contributed by atoms with Gasteiger partial charge >= 0.3 is 0 Å². The molecule has 0 unspecified atom stereocenters. The minimum atomic E-state index is 0.275. The number of thioether (sulfide) groups is 2. The van der Waals surface area contributed by atoms with Gasteiger partial charge in [-0.05, 0) is 18.6 Å². The van der Waals surface area contributed by atoms with Crippen LogP contribution < -0.4 is 0 Å². The van der Waals surface area contributed by atoms with Gasteiger partial charge in [-0.2, -0.15) is 0 Å². The van der Waals surface area contributed by atoms with Gasteiger partial charge in [0.25, 0.3) is 0 Å². The number of hydrogen-bond donors (Lipinski definition) is 0. The van der Waals surface area contributed by atoms with Crippen LogP contribution in [0.15, 0.2) is 34.1 Å². The Morgan fingerprint density at radius 1 is 1.23 bits per heavy atom. The van der Waals surface area contributed by atoms with Crippen LogP contribution in [0, 0.1) is 0 Å². The molecule has 0 fully saturated rings. The lowest BCUT2D eigenvalue weighted by Gasteiger charge is -2.07. The SMILES string of the molecule is CCCOC1Sc2ccccc2S1. The van der Waals surface area contributed by atoms with Crippen LogP contribution >= 0.6 is 23.5 Å². The maximum absolute atomic E-state index is 5.66. The van der Waals surface area contributed by atoms with Gasteiger partial charge in [-0.25, -0.2) is 0 Å². The Bertz CT molecular complexity index is 263. The van der Waals surface area contributed by atoms with Gasteiger partial charge in [-0.15, -0.1) is 0 Å². The predicted molar refractivity (Wildman–Crippen MR) is 58.2 cm³/mol. The van der Waals surface area contributed by atoms with Crippen molar-refractivity contribution in [2.75, 3.05) is 6.61 Å². The minimum absolute atomic E-state index is 0.275. The topological polar surface area (TPSA) is 9.23 Å². The first-order valence-corrected chi connectivity index (χ1v) is 6.20. The maximum atomic E-state index is 5.66. The van der Waals surface area contributed by atoms with Crippen molar-refractivity contribution in [3.8, 4) is 0 Å². The normalized spacial score (nSPS) is 16.1. The number of benzene rings is 1. The smallest absolute Gasteiger partial charge is 0.158 e. The molecule has 1 aliphatic heterocycles. The first-order chi connectivity index (χ1) is 6.40. The lowest BCUT2D eigenvalue weighted by Crippen LogP contribution is -2.00. The quantitative estimate of drug-likeness (QED) is 0.757. The second-order valence-electron chi connectivity index (χ2n) is 2.84. The second kappa shape index (κ2) is 4.40. The second-order valence-corrected chi connectivity index (χ2v) is 5.35. The number of rotatable bonds is 3. The molecule has 0 radical (unpaired) electrons. The van der Waals surface area contributed by atoms with E-state index in [9.17, 15) is 0 Å². The first kappa shape index (κ1) is 9.44. The highest BCUT2D eigenvalue weighted by molar-refractivity contribution is 8.19. The highest BCUT2D eigenvalue weighted by Gasteiger charge is 2.22. The van der Waals surface area contributed by atoms with Crippen molar-refractivity contribution in [2.45, 2.75) is 27.9 Å². The molecule has 0 bridgehead atoms. The third-order valence-electron chi connectivity index (χ3n) is 1.75. The van der Waals surface area contributed by atoms with Crippen molar-refractivity contribution in [2.24, 2.45) is 0 Å². The van der Waals surface area contributed by atoms with Crippen LogP contribution in [0.2, 0.25) is 0 Å². The van der Waals surface area contributed by atoms with Gasteiger partial charge in [-0.3, -0.25) is 0 Å². The third kappa shape index (κ3) is 2.22. The summed E-state index contributed by atoms with van der Waals surface area (Å²) in [5.74, 6) is 0. The van der Waals surface area contributed by atoms with Gasteiger partial charge in [0.05, 0.1) is 0 Å². The monoisotopic (exact) mass is 212 g/mol. The average Bonchev–Trinajstić information content (AvgIpc) is 2.57. The zero-order chi connectivity index (χ0) is 9.10. The zero-order valence-electron chi connectivity index (χ0n) is 7.53. The summed E-state index contributed by atoms with van der Waals surface area (Å²) in [7, 11) is 0. The molecule has 0 N–H and O–H groups in total. The summed E-state index contributed by atoms with van der Waals surface area (Å²) in [5.41, 5.74) is 0. The maximum Gasteiger partial charge on any atom is 0.158 e. The van der Waals surface area contributed by atoms with E-state index in [1.165, 1.54) is 9.79 Å². The average molecular weight is 212 g/mol. The summed E-state index contributed by atoms with van der Waals surface area (Å²) in [6.07, 6.45) is 1.09. The lowest BCUT2D eigenvalue weighted by atomic mass is 10.4. The Kier molecular flexibility index (Phi) is 3.19. The van der Waals surface area contributed by atoms with Crippen LogP contribution in [0.1, 0.15) is 13.3 Å². The Morgan fingerprint density at radius 3 is 2.38 bits per heavy atom. The largest absolute Gasteiger partial charge is 0.357 e. The molecule has 1 aliphatic rings. The Labute approximate surface area is 87.2 Å². The van der Waals surface area contributed by atoms with Gasteiger partial charge in [-0.1, -0.05) is 42.6 Å². The molecule has 0 atom stereocenters. The Balaban J connectivity index is 1.97. The van der Waals surface area contributed by atoms with Crippen LogP contribution in [0.4, 0.5) is 0 Å². The Hall–Kier alpha value is -0.120. The summed E-state index contributed by atoms with van der Waals surface area (Å²) in [4.78, 5) is 2.71. The fraction of sp³-hybridized carbons (Fsp3) is 0.400. The number of ether oxygens (including phenoxy) is 1. The van der Waals surface area contributed by atoms with Crippen LogP contribution in [0.25, 0.3) is 0 Å². The number of fused-ring (bicyclic) bond motifs is 1. The standard InChI is InChI=1S/C10H12OS2/c1-2-7-11-10-12-8-5-3-4-6-9(8)13-10/h3-6,10H,2,7H2,1H3. The van der Waals surface area contributed by atoms with Gasteiger partial charge in [0.1, 0.15) is 0 Å². The van der Waals surface area contributed by atoms with Crippen molar-refractivity contribution in [1.82, 2.24) is 0 Å². The molecular formula is C10H12OS2. The molecule has 1 heterocycles. The molecule has 1 aromatic carbocycles. The molecule has 1 aromatic rings. The Morgan fingerprint density at radius 2 is 1.85 bits per heavy atom. The number of hydrogen-bond acceptors (Lipinski definition) is 3. The van der Waals surface area contributed by atoms with Crippen molar-refractivity contribution in [1.29, 1.82) is 0 Å². The van der Waals surface area contributed by atoms with E-state index in [0.29, 0.717) is 0 Å². The molecule has 0 saturated carbocycles. The summed E-state index contributed by atoms with van der Waals surface area (Å²) >= 11 is 3.63. The first-order valence-electron chi connectivity index (χ1n) is 4.44. The molecule has 2 rings (SSSR count). The zero-order valence-corrected chi connectivity index (χ0v) is 9.16. The molecule has 0 saturated heterocycles. The van der Waals surface area contributed by atoms with Crippen LogP contribution in [0.5, 0.6) is 0 Å². The van der Waals surface area contributed by atoms with Gasteiger partial charge < -0.3 is 4.74 Å². The van der Waals surface area contributed by atoms with E-state index < -0.39 is 0 Å². The van der Waals surface area contributed by atoms with Crippen LogP contribution in [-0.2, 0) is 4.74 Å². The molecule has 3 heteroatoms. The van der Waals surface area contributed by atoms with Crippen molar-refractivity contribution in [3.05, 3.63) is 24.3 Å². The van der Waals surface area contributed by atoms with Gasteiger partial charge in [0, 0.05) is 16.4 Å². The van der Waals surface area contributed by atoms with Crippen LogP contribution in [-0.4, -0.2) is 11.4 Å². The van der Waals surface area contributed by atoms with Crippen molar-refractivity contribution in [3.63, 3.8) is 0 Å². The van der Waals surface area contributed by atoms with E-state index >= 15 is 0 Å². The lowest BCUT2D eigenvalue weighted by molar-refractivity contribution is 0.164. The molecule has 0 aromatic heterocycles. The van der Waals surface area contributed by atoms with Crippen LogP contribution in [0.3, 0.4) is 0 Å². The summed E-state index contributed by atoms with van der Waals surface area (Å²) < 4.78 is 5.94. The van der Waals surface area contributed by atoms with E-state index in [0.717, 1.165) is 13.0 Å². The fourth-order valence-electron chi connectivity index (χ4n) is 1.16. The van der Waals surface area contributed by atoms with Crippen molar-refractivity contribution >= 4 is 23.5 Å². The van der Waals surface area contributed by atoms with Crippen molar-refractivity contribution < 1.29 is 4.74 Å². The molecule has 13 heavy (non-hydrogen) atoms. The minimum Gasteiger partial charge on any atom is -0.357 e. The predicted octanol–water partition coefficient (Wildman–Crippen LogP) is 3.59. The van der Waals surface area contributed by atoms with Gasteiger partial charge in [0.15, 0.2) is 4.77 Å². The highest BCUT2D eigenvalue weighted by atomic mass is 32.2. The highest BCUT2D eigenvalue weighted by Crippen LogP contribution is 2.47. The van der Waals surface area contributed by atoms with E-state index in [2.05, 4.69) is 31.2 Å². The summed E-state index contributed by atoms with van der Waals surface area (Å²) in [6.45, 7) is 3.00. The van der Waals surface area contributed by atoms with E-state index in [1.807, 2.05) is 23.5 Å². The summed E-state index contributed by atoms with van der Waals surface area (Å²) in [5, 5.41) is 0. The molecule has 0 spiro atoms. The molecule has 70 valence electrons. The van der Waals surface area contributed by atoms with E-state index in [4.69, 9.17) is 4.74 Å². The molecule has 1 nitrogen and oxygen atoms in total. The van der Waals surface area contributed by atoms with E-state index in [-0.39, 0.29) is 4.77 Å². The molecule has 0 aliphatic carbocycles. The molecular weight excluding hydrogens is 200 g/mol. The summed E-state index contributed by atoms with van der Waals surface area (Å²) in [6, 6.07) is 8.47. The van der Waals surface area contributed by atoms with Gasteiger partial charge in [0.2, 0.25) is 0 Å². The molecule has 0 amide bonds.